The van der Waals surface area contributed by atoms with Crippen molar-refractivity contribution in [3.05, 3.63) is 29.8 Å². The van der Waals surface area contributed by atoms with Crippen molar-refractivity contribution in [3.8, 4) is 0 Å². The number of benzene rings is 1. The van der Waals surface area contributed by atoms with Crippen molar-refractivity contribution < 1.29 is 0 Å². The van der Waals surface area contributed by atoms with Crippen LogP contribution in [0, 0.1) is 5.92 Å². The van der Waals surface area contributed by atoms with E-state index in [0.29, 0.717) is 12.0 Å². The molecule has 0 radical (unpaired) electrons. The van der Waals surface area contributed by atoms with E-state index in [1.807, 2.05) is 11.8 Å². The van der Waals surface area contributed by atoms with Crippen LogP contribution < -0.4 is 5.32 Å². The molecule has 1 rings (SSSR count). The fourth-order valence-corrected chi connectivity index (χ4v) is 2.71. The SMILES string of the molecule is CC(CNC(C)C)CSc1ccc(C(C)(C)C)cc1. The van der Waals surface area contributed by atoms with E-state index in [9.17, 15) is 0 Å². The minimum absolute atomic E-state index is 0.248. The Hall–Kier alpha value is -0.470. The van der Waals surface area contributed by atoms with Gasteiger partial charge in [0.05, 0.1) is 0 Å². The minimum atomic E-state index is 0.248. The van der Waals surface area contributed by atoms with Gasteiger partial charge in [-0.2, -0.15) is 0 Å². The molecular formula is C17H29NS. The molecule has 1 N–H and O–H groups in total. The average molecular weight is 279 g/mol. The van der Waals surface area contributed by atoms with Crippen LogP contribution in [0.25, 0.3) is 0 Å². The quantitative estimate of drug-likeness (QED) is 0.757. The molecule has 1 nitrogen and oxygen atoms in total. The van der Waals surface area contributed by atoms with Crippen molar-refractivity contribution in [2.24, 2.45) is 5.92 Å². The summed E-state index contributed by atoms with van der Waals surface area (Å²) in [6.07, 6.45) is 0. The van der Waals surface area contributed by atoms with Crippen molar-refractivity contribution in [2.45, 2.75) is 57.9 Å². The molecule has 0 amide bonds. The topological polar surface area (TPSA) is 12.0 Å². The molecule has 1 atom stereocenters. The lowest BCUT2D eigenvalue weighted by Gasteiger charge is -2.19. The Balaban J connectivity index is 2.42. The molecule has 0 saturated carbocycles. The second-order valence-electron chi connectivity index (χ2n) is 6.75. The molecule has 1 unspecified atom stereocenters. The summed E-state index contributed by atoms with van der Waals surface area (Å²) in [6.45, 7) is 14.6. The summed E-state index contributed by atoms with van der Waals surface area (Å²) in [5, 5.41) is 3.50. The molecule has 1 aromatic carbocycles. The third-order valence-electron chi connectivity index (χ3n) is 3.13. The molecule has 0 heterocycles. The predicted molar refractivity (Wildman–Crippen MR) is 88.2 cm³/mol. The fraction of sp³-hybridized carbons (Fsp3) is 0.647. The highest BCUT2D eigenvalue weighted by Gasteiger charge is 2.13. The van der Waals surface area contributed by atoms with Crippen LogP contribution >= 0.6 is 11.8 Å². The molecule has 0 bridgehead atoms. The van der Waals surface area contributed by atoms with Gasteiger partial charge in [0.15, 0.2) is 0 Å². The third-order valence-corrected chi connectivity index (χ3v) is 4.47. The minimum Gasteiger partial charge on any atom is -0.314 e. The van der Waals surface area contributed by atoms with E-state index in [1.54, 1.807) is 0 Å². The molecule has 1 aromatic rings. The van der Waals surface area contributed by atoms with Gasteiger partial charge >= 0.3 is 0 Å². The van der Waals surface area contributed by atoms with Gasteiger partial charge in [0, 0.05) is 16.7 Å². The van der Waals surface area contributed by atoms with Crippen LogP contribution in [-0.4, -0.2) is 18.3 Å². The second kappa shape index (κ2) is 7.35. The van der Waals surface area contributed by atoms with Gasteiger partial charge in [-0.25, -0.2) is 0 Å². The van der Waals surface area contributed by atoms with Gasteiger partial charge in [-0.05, 0) is 35.6 Å². The number of thioether (sulfide) groups is 1. The lowest BCUT2D eigenvalue weighted by atomic mass is 9.87. The van der Waals surface area contributed by atoms with E-state index in [-0.39, 0.29) is 5.41 Å². The smallest absolute Gasteiger partial charge is 0.00722 e. The molecule has 19 heavy (non-hydrogen) atoms. The first-order valence-electron chi connectivity index (χ1n) is 7.25. The molecule has 0 aliphatic carbocycles. The zero-order valence-electron chi connectivity index (χ0n) is 13.3. The summed E-state index contributed by atoms with van der Waals surface area (Å²) >= 11 is 1.96. The van der Waals surface area contributed by atoms with Crippen LogP contribution in [0.1, 0.15) is 47.1 Å². The van der Waals surface area contributed by atoms with Crippen LogP contribution in [0.15, 0.2) is 29.2 Å². The van der Waals surface area contributed by atoms with Crippen molar-refractivity contribution >= 4 is 11.8 Å². The lowest BCUT2D eigenvalue weighted by molar-refractivity contribution is 0.510. The molecule has 108 valence electrons. The summed E-state index contributed by atoms with van der Waals surface area (Å²) < 4.78 is 0. The van der Waals surface area contributed by atoms with Crippen LogP contribution in [0.5, 0.6) is 0 Å². The van der Waals surface area contributed by atoms with E-state index in [4.69, 9.17) is 0 Å². The Morgan fingerprint density at radius 1 is 1.05 bits per heavy atom. The summed E-state index contributed by atoms with van der Waals surface area (Å²) in [7, 11) is 0. The summed E-state index contributed by atoms with van der Waals surface area (Å²) in [4.78, 5) is 1.38. The van der Waals surface area contributed by atoms with Gasteiger partial charge in [-0.3, -0.25) is 0 Å². The third kappa shape index (κ3) is 6.49. The Labute approximate surface area is 123 Å². The van der Waals surface area contributed by atoms with Crippen LogP contribution in [0.4, 0.5) is 0 Å². The highest BCUT2D eigenvalue weighted by molar-refractivity contribution is 7.99. The van der Waals surface area contributed by atoms with E-state index >= 15 is 0 Å². The van der Waals surface area contributed by atoms with Crippen molar-refractivity contribution in [3.63, 3.8) is 0 Å². The monoisotopic (exact) mass is 279 g/mol. The molecule has 0 aromatic heterocycles. The maximum Gasteiger partial charge on any atom is 0.00722 e. The Morgan fingerprint density at radius 2 is 1.63 bits per heavy atom. The van der Waals surface area contributed by atoms with E-state index in [2.05, 4.69) is 71.1 Å². The standard InChI is InChI=1S/C17H29NS/c1-13(2)18-11-14(3)12-19-16-9-7-15(8-10-16)17(4,5)6/h7-10,13-14,18H,11-12H2,1-6H3. The van der Waals surface area contributed by atoms with Gasteiger partial charge in [-0.1, -0.05) is 53.7 Å². The zero-order valence-corrected chi connectivity index (χ0v) is 14.1. The van der Waals surface area contributed by atoms with Crippen molar-refractivity contribution in [1.29, 1.82) is 0 Å². The van der Waals surface area contributed by atoms with Crippen molar-refractivity contribution in [1.82, 2.24) is 5.32 Å². The normalized spacial score (nSPS) is 13.8. The zero-order chi connectivity index (χ0) is 14.5. The second-order valence-corrected chi connectivity index (χ2v) is 7.85. The van der Waals surface area contributed by atoms with Crippen LogP contribution in [-0.2, 0) is 5.41 Å². The summed E-state index contributed by atoms with van der Waals surface area (Å²) in [5.74, 6) is 1.88. The average Bonchev–Trinajstić information content (AvgIpc) is 2.33. The number of nitrogens with one attached hydrogen (secondary N) is 1. The van der Waals surface area contributed by atoms with E-state index < -0.39 is 0 Å². The van der Waals surface area contributed by atoms with E-state index in [0.717, 1.165) is 6.54 Å². The van der Waals surface area contributed by atoms with Crippen LogP contribution in [0.2, 0.25) is 0 Å². The van der Waals surface area contributed by atoms with Crippen molar-refractivity contribution in [2.75, 3.05) is 12.3 Å². The molecule has 0 fully saturated rings. The first kappa shape index (κ1) is 16.6. The molecule has 2 heteroatoms. The van der Waals surface area contributed by atoms with E-state index in [1.165, 1.54) is 16.2 Å². The predicted octanol–water partition coefficient (Wildman–Crippen LogP) is 4.71. The molecule has 0 saturated heterocycles. The highest BCUT2D eigenvalue weighted by Crippen LogP contribution is 2.26. The van der Waals surface area contributed by atoms with Gasteiger partial charge in [0.1, 0.15) is 0 Å². The fourth-order valence-electron chi connectivity index (χ4n) is 1.79. The number of hydrogen-bond acceptors (Lipinski definition) is 2. The van der Waals surface area contributed by atoms with Gasteiger partial charge in [0.2, 0.25) is 0 Å². The molecule has 0 aliphatic heterocycles. The van der Waals surface area contributed by atoms with Gasteiger partial charge in [0.25, 0.3) is 0 Å². The molecule has 0 spiro atoms. The Kier molecular flexibility index (Phi) is 6.41. The maximum absolute atomic E-state index is 3.50. The Bertz CT molecular complexity index is 362. The first-order valence-corrected chi connectivity index (χ1v) is 8.24. The highest BCUT2D eigenvalue weighted by atomic mass is 32.2. The Morgan fingerprint density at radius 3 is 2.11 bits per heavy atom. The van der Waals surface area contributed by atoms with Gasteiger partial charge < -0.3 is 5.32 Å². The largest absolute Gasteiger partial charge is 0.314 e. The molecule has 0 aliphatic rings. The lowest BCUT2D eigenvalue weighted by Crippen LogP contribution is -2.28. The maximum atomic E-state index is 3.50. The first-order chi connectivity index (χ1) is 8.79. The summed E-state index contributed by atoms with van der Waals surface area (Å²) in [6, 6.07) is 9.62. The molecular weight excluding hydrogens is 250 g/mol. The van der Waals surface area contributed by atoms with Gasteiger partial charge in [-0.15, -0.1) is 11.8 Å². The summed E-state index contributed by atoms with van der Waals surface area (Å²) in [5.41, 5.74) is 1.66. The number of hydrogen-bond donors (Lipinski definition) is 1. The van der Waals surface area contributed by atoms with Crippen LogP contribution in [0.3, 0.4) is 0 Å². The number of rotatable bonds is 6.